The molecule has 0 amide bonds. The Morgan fingerprint density at radius 3 is 2.68 bits per heavy atom. The van der Waals surface area contributed by atoms with Crippen LogP contribution in [0.25, 0.3) is 22.4 Å². The molecule has 3 aromatic rings. The second kappa shape index (κ2) is 7.36. The lowest BCUT2D eigenvalue weighted by Crippen LogP contribution is -2.25. The Morgan fingerprint density at radius 2 is 2.00 bits per heavy atom. The maximum absolute atomic E-state index is 12.2. The van der Waals surface area contributed by atoms with E-state index >= 15 is 0 Å². The minimum Gasteiger partial charge on any atom is -0.381 e. The molecule has 2 aromatic heterocycles. The van der Waals surface area contributed by atoms with E-state index in [1.165, 1.54) is 0 Å². The summed E-state index contributed by atoms with van der Waals surface area (Å²) >= 11 is 0. The van der Waals surface area contributed by atoms with Crippen LogP contribution in [0.5, 0.6) is 0 Å². The second-order valence-electron chi connectivity index (χ2n) is 7.69. The van der Waals surface area contributed by atoms with Gasteiger partial charge >= 0.3 is 0 Å². The standard InChI is InChI=1S/C22H25N3O3/c1-14-10-18(12-24(3)22(14)27)21-23-19-11-16(13-26)4-5-20(19)25(21)15(2)17-6-8-28-9-7-17/h4-5,10-13,15,17H,6-9H2,1-3H3. The van der Waals surface area contributed by atoms with E-state index in [1.807, 2.05) is 37.4 Å². The molecule has 1 aromatic carbocycles. The van der Waals surface area contributed by atoms with Crippen molar-refractivity contribution >= 4 is 17.3 Å². The highest BCUT2D eigenvalue weighted by atomic mass is 16.5. The fourth-order valence-corrected chi connectivity index (χ4v) is 4.21. The molecule has 4 rings (SSSR count). The second-order valence-corrected chi connectivity index (χ2v) is 7.69. The number of carbonyl (C=O) groups is 1. The third-order valence-electron chi connectivity index (χ3n) is 5.83. The Labute approximate surface area is 163 Å². The molecule has 6 nitrogen and oxygen atoms in total. The van der Waals surface area contributed by atoms with E-state index in [-0.39, 0.29) is 11.6 Å². The summed E-state index contributed by atoms with van der Waals surface area (Å²) in [4.78, 5) is 28.3. The number of ether oxygens (including phenoxy) is 1. The molecule has 1 atom stereocenters. The molecule has 146 valence electrons. The van der Waals surface area contributed by atoms with Gasteiger partial charge in [0.15, 0.2) is 0 Å². The van der Waals surface area contributed by atoms with Crippen molar-refractivity contribution in [2.75, 3.05) is 13.2 Å². The fraction of sp³-hybridized carbons (Fsp3) is 0.409. The zero-order valence-electron chi connectivity index (χ0n) is 16.5. The average molecular weight is 379 g/mol. The molecule has 1 fully saturated rings. The van der Waals surface area contributed by atoms with Crippen molar-refractivity contribution in [2.24, 2.45) is 13.0 Å². The first-order chi connectivity index (χ1) is 13.5. The molecule has 1 saturated heterocycles. The lowest BCUT2D eigenvalue weighted by atomic mass is 9.92. The Kier molecular flexibility index (Phi) is 4.89. The van der Waals surface area contributed by atoms with Crippen molar-refractivity contribution in [3.05, 3.63) is 51.9 Å². The minimum atomic E-state index is -0.00729. The summed E-state index contributed by atoms with van der Waals surface area (Å²) in [5, 5.41) is 0. The summed E-state index contributed by atoms with van der Waals surface area (Å²) in [6, 6.07) is 7.76. The van der Waals surface area contributed by atoms with Gasteiger partial charge in [0.05, 0.1) is 11.0 Å². The smallest absolute Gasteiger partial charge is 0.253 e. The average Bonchev–Trinajstić information content (AvgIpc) is 3.10. The number of hydrogen-bond acceptors (Lipinski definition) is 4. The molecule has 0 N–H and O–H groups in total. The van der Waals surface area contributed by atoms with Crippen LogP contribution in [0.4, 0.5) is 0 Å². The van der Waals surface area contributed by atoms with Crippen molar-refractivity contribution in [1.82, 2.24) is 14.1 Å². The highest BCUT2D eigenvalue weighted by Crippen LogP contribution is 2.35. The van der Waals surface area contributed by atoms with Crippen LogP contribution in [0.1, 0.15) is 41.7 Å². The number of aryl methyl sites for hydroxylation is 2. The van der Waals surface area contributed by atoms with Gasteiger partial charge in [-0.15, -0.1) is 0 Å². The Morgan fingerprint density at radius 1 is 1.25 bits per heavy atom. The van der Waals surface area contributed by atoms with Gasteiger partial charge in [-0.1, -0.05) is 0 Å². The molecule has 6 heteroatoms. The highest BCUT2D eigenvalue weighted by molar-refractivity contribution is 5.87. The fourth-order valence-electron chi connectivity index (χ4n) is 4.21. The third-order valence-corrected chi connectivity index (χ3v) is 5.83. The molecule has 1 unspecified atom stereocenters. The summed E-state index contributed by atoms with van der Waals surface area (Å²) in [5.41, 5.74) is 4.00. The SMILES string of the molecule is Cc1cc(-c2nc3cc(C=O)ccc3n2C(C)C2CCOCC2)cn(C)c1=O. The van der Waals surface area contributed by atoms with Crippen LogP contribution in [0.2, 0.25) is 0 Å². The summed E-state index contributed by atoms with van der Waals surface area (Å²) in [5.74, 6) is 1.32. The molecular formula is C22H25N3O3. The normalized spacial score (nSPS) is 16.4. The molecule has 1 aliphatic heterocycles. The summed E-state index contributed by atoms with van der Waals surface area (Å²) in [6.07, 6.45) is 4.71. The van der Waals surface area contributed by atoms with Crippen LogP contribution in [-0.4, -0.2) is 33.6 Å². The zero-order chi connectivity index (χ0) is 19.8. The topological polar surface area (TPSA) is 66.1 Å². The van der Waals surface area contributed by atoms with Crippen molar-refractivity contribution in [3.63, 3.8) is 0 Å². The number of imidazole rings is 1. The number of fused-ring (bicyclic) bond motifs is 1. The van der Waals surface area contributed by atoms with E-state index in [0.717, 1.165) is 54.8 Å². The first kappa shape index (κ1) is 18.6. The zero-order valence-corrected chi connectivity index (χ0v) is 16.5. The number of pyridine rings is 1. The Bertz CT molecular complexity index is 1060. The first-order valence-electron chi connectivity index (χ1n) is 9.72. The lowest BCUT2D eigenvalue weighted by molar-refractivity contribution is 0.0521. The molecule has 1 aliphatic rings. The summed E-state index contributed by atoms with van der Waals surface area (Å²) in [7, 11) is 1.76. The van der Waals surface area contributed by atoms with Crippen molar-refractivity contribution in [1.29, 1.82) is 0 Å². The largest absolute Gasteiger partial charge is 0.381 e. The monoisotopic (exact) mass is 379 g/mol. The van der Waals surface area contributed by atoms with Crippen LogP contribution in [0.15, 0.2) is 35.3 Å². The number of rotatable bonds is 4. The molecule has 0 bridgehead atoms. The van der Waals surface area contributed by atoms with Crippen LogP contribution in [0.3, 0.4) is 0 Å². The van der Waals surface area contributed by atoms with E-state index in [9.17, 15) is 9.59 Å². The number of benzene rings is 1. The molecule has 0 spiro atoms. The van der Waals surface area contributed by atoms with Crippen molar-refractivity contribution in [2.45, 2.75) is 32.7 Å². The van der Waals surface area contributed by atoms with Crippen LogP contribution in [0, 0.1) is 12.8 Å². The number of aromatic nitrogens is 3. The molecule has 3 heterocycles. The van der Waals surface area contributed by atoms with Crippen LogP contribution >= 0.6 is 0 Å². The third kappa shape index (κ3) is 3.18. The minimum absolute atomic E-state index is 0.00729. The van der Waals surface area contributed by atoms with E-state index in [1.54, 1.807) is 11.6 Å². The van der Waals surface area contributed by atoms with Crippen LogP contribution in [-0.2, 0) is 11.8 Å². The Balaban J connectivity index is 1.93. The molecular weight excluding hydrogens is 354 g/mol. The quantitative estimate of drug-likeness (QED) is 0.651. The predicted molar refractivity (Wildman–Crippen MR) is 109 cm³/mol. The number of carbonyl (C=O) groups excluding carboxylic acids is 1. The van der Waals surface area contributed by atoms with Gasteiger partial charge in [-0.3, -0.25) is 9.59 Å². The summed E-state index contributed by atoms with van der Waals surface area (Å²) < 4.78 is 9.41. The van der Waals surface area contributed by atoms with Gasteiger partial charge in [0.25, 0.3) is 5.56 Å². The van der Waals surface area contributed by atoms with E-state index in [2.05, 4.69) is 11.5 Å². The van der Waals surface area contributed by atoms with E-state index < -0.39 is 0 Å². The maximum Gasteiger partial charge on any atom is 0.253 e. The molecule has 0 aliphatic carbocycles. The van der Waals surface area contributed by atoms with Gasteiger partial charge in [0.2, 0.25) is 0 Å². The highest BCUT2D eigenvalue weighted by Gasteiger charge is 2.26. The number of hydrogen-bond donors (Lipinski definition) is 0. The van der Waals surface area contributed by atoms with Gasteiger partial charge in [-0.25, -0.2) is 4.98 Å². The van der Waals surface area contributed by atoms with Gasteiger partial charge in [0.1, 0.15) is 12.1 Å². The molecule has 0 radical (unpaired) electrons. The van der Waals surface area contributed by atoms with Crippen molar-refractivity contribution < 1.29 is 9.53 Å². The number of aldehydes is 1. The van der Waals surface area contributed by atoms with Gasteiger partial charge < -0.3 is 13.9 Å². The van der Waals surface area contributed by atoms with E-state index in [0.29, 0.717) is 17.0 Å². The first-order valence-corrected chi connectivity index (χ1v) is 9.72. The number of nitrogens with zero attached hydrogens (tertiary/aromatic N) is 3. The molecule has 28 heavy (non-hydrogen) atoms. The van der Waals surface area contributed by atoms with Crippen LogP contribution < -0.4 is 5.56 Å². The van der Waals surface area contributed by atoms with Gasteiger partial charge in [-0.05, 0) is 56.9 Å². The lowest BCUT2D eigenvalue weighted by Gasteiger charge is -2.30. The maximum atomic E-state index is 12.2. The molecule has 0 saturated carbocycles. The van der Waals surface area contributed by atoms with Crippen molar-refractivity contribution in [3.8, 4) is 11.4 Å². The van der Waals surface area contributed by atoms with E-state index in [4.69, 9.17) is 9.72 Å². The van der Waals surface area contributed by atoms with Gasteiger partial charge in [0, 0.05) is 49.2 Å². The van der Waals surface area contributed by atoms with Gasteiger partial charge in [-0.2, -0.15) is 0 Å². The summed E-state index contributed by atoms with van der Waals surface area (Å²) in [6.45, 7) is 5.62. The Hall–Kier alpha value is -2.73. The predicted octanol–water partition coefficient (Wildman–Crippen LogP) is 3.51.